The average molecular weight is 423 g/mol. The fourth-order valence-corrected chi connectivity index (χ4v) is 4.27. The van der Waals surface area contributed by atoms with E-state index < -0.39 is 18.8 Å². The fourth-order valence-electron chi connectivity index (χ4n) is 4.27. The minimum atomic E-state index is -2.94. The Morgan fingerprint density at radius 1 is 1.13 bits per heavy atom. The predicted octanol–water partition coefficient (Wildman–Crippen LogP) is 4.03. The SMILES string of the molecule is Cn1cc(-c2ccc3nc4n(c3c2)[C@@H](c2ccccc2OC(F)F)C[C@H]4O)ccc1=O. The van der Waals surface area contributed by atoms with Crippen molar-refractivity contribution in [1.29, 1.82) is 0 Å². The van der Waals surface area contributed by atoms with Gasteiger partial charge in [0.05, 0.1) is 17.1 Å². The number of nitrogens with zero attached hydrogens (tertiary/aromatic N) is 3. The minimum absolute atomic E-state index is 0.0820. The minimum Gasteiger partial charge on any atom is -0.434 e. The zero-order valence-electron chi connectivity index (χ0n) is 16.6. The lowest BCUT2D eigenvalue weighted by molar-refractivity contribution is -0.0507. The zero-order chi connectivity index (χ0) is 21.7. The van der Waals surface area contributed by atoms with Crippen molar-refractivity contribution in [2.45, 2.75) is 25.2 Å². The van der Waals surface area contributed by atoms with E-state index in [1.165, 1.54) is 16.7 Å². The van der Waals surface area contributed by atoms with Crippen molar-refractivity contribution >= 4 is 11.0 Å². The van der Waals surface area contributed by atoms with Crippen molar-refractivity contribution in [3.8, 4) is 16.9 Å². The summed E-state index contributed by atoms with van der Waals surface area (Å²) in [5.74, 6) is 0.572. The maximum atomic E-state index is 12.9. The standard InChI is InChI=1S/C23H19F2N3O3/c1-27-12-14(7-9-21(27)30)13-6-8-16-18(10-13)28-17(11-19(29)22(28)26-16)15-4-2-3-5-20(15)31-23(24)25/h2-10,12,17,19,23,29H,11H2,1H3/t17-,19-/m1/s1. The van der Waals surface area contributed by atoms with Crippen LogP contribution < -0.4 is 10.3 Å². The Balaban J connectivity index is 1.66. The van der Waals surface area contributed by atoms with Gasteiger partial charge in [0, 0.05) is 31.3 Å². The molecule has 2 aromatic heterocycles. The molecule has 0 saturated carbocycles. The van der Waals surface area contributed by atoms with Crippen LogP contribution in [0.1, 0.15) is 30.0 Å². The van der Waals surface area contributed by atoms with Crippen molar-refractivity contribution in [2.75, 3.05) is 0 Å². The van der Waals surface area contributed by atoms with E-state index >= 15 is 0 Å². The van der Waals surface area contributed by atoms with Gasteiger partial charge in [0.1, 0.15) is 17.7 Å². The number of para-hydroxylation sites is 1. The van der Waals surface area contributed by atoms with Gasteiger partial charge >= 0.3 is 6.61 Å². The van der Waals surface area contributed by atoms with Crippen molar-refractivity contribution in [1.82, 2.24) is 14.1 Å². The number of ether oxygens (including phenoxy) is 1. The lowest BCUT2D eigenvalue weighted by Gasteiger charge is -2.19. The molecule has 3 heterocycles. The molecule has 0 radical (unpaired) electrons. The van der Waals surface area contributed by atoms with Gasteiger partial charge in [0.2, 0.25) is 5.56 Å². The maximum absolute atomic E-state index is 12.9. The van der Waals surface area contributed by atoms with Crippen LogP contribution in [0.2, 0.25) is 0 Å². The zero-order valence-corrected chi connectivity index (χ0v) is 16.6. The molecule has 1 N–H and O–H groups in total. The number of fused-ring (bicyclic) bond motifs is 3. The molecule has 0 amide bonds. The second kappa shape index (κ2) is 7.31. The smallest absolute Gasteiger partial charge is 0.387 e. The molecular weight excluding hydrogens is 404 g/mol. The number of aliphatic hydroxyl groups is 1. The summed E-state index contributed by atoms with van der Waals surface area (Å²) in [5.41, 5.74) is 3.66. The molecule has 4 aromatic rings. The molecule has 0 spiro atoms. The van der Waals surface area contributed by atoms with Crippen LogP contribution in [0, 0.1) is 0 Å². The molecule has 0 aliphatic carbocycles. The predicted molar refractivity (Wildman–Crippen MR) is 111 cm³/mol. The van der Waals surface area contributed by atoms with Gasteiger partial charge in [-0.05, 0) is 35.4 Å². The van der Waals surface area contributed by atoms with Gasteiger partial charge in [0.15, 0.2) is 0 Å². The first-order valence-corrected chi connectivity index (χ1v) is 9.83. The van der Waals surface area contributed by atoms with Crippen molar-refractivity contribution in [3.05, 3.63) is 82.5 Å². The molecule has 1 aliphatic rings. The third-order valence-electron chi connectivity index (χ3n) is 5.69. The van der Waals surface area contributed by atoms with E-state index in [1.54, 1.807) is 37.5 Å². The molecule has 6 nitrogen and oxygen atoms in total. The molecule has 2 aromatic carbocycles. The third-order valence-corrected chi connectivity index (χ3v) is 5.69. The molecule has 0 unspecified atom stereocenters. The third kappa shape index (κ3) is 3.29. The van der Waals surface area contributed by atoms with Crippen LogP contribution in [0.5, 0.6) is 5.75 Å². The second-order valence-corrected chi connectivity index (χ2v) is 7.59. The molecule has 5 rings (SSSR count). The molecule has 158 valence electrons. The van der Waals surface area contributed by atoms with Gasteiger partial charge < -0.3 is 19.0 Å². The summed E-state index contributed by atoms with van der Waals surface area (Å²) in [7, 11) is 1.69. The topological polar surface area (TPSA) is 69.3 Å². The Morgan fingerprint density at radius 3 is 2.68 bits per heavy atom. The van der Waals surface area contributed by atoms with E-state index in [0.29, 0.717) is 23.3 Å². The Morgan fingerprint density at radius 2 is 1.90 bits per heavy atom. The molecule has 0 saturated heterocycles. The quantitative estimate of drug-likeness (QED) is 0.538. The van der Waals surface area contributed by atoms with Gasteiger partial charge in [-0.25, -0.2) is 4.98 Å². The molecular formula is C23H19F2N3O3. The van der Waals surface area contributed by atoms with E-state index in [2.05, 4.69) is 4.98 Å². The van der Waals surface area contributed by atoms with Gasteiger partial charge in [0.25, 0.3) is 0 Å². The largest absolute Gasteiger partial charge is 0.434 e. The van der Waals surface area contributed by atoms with Crippen molar-refractivity contribution in [3.63, 3.8) is 0 Å². The molecule has 31 heavy (non-hydrogen) atoms. The number of aryl methyl sites for hydroxylation is 1. The Hall–Kier alpha value is -3.52. The first-order valence-electron chi connectivity index (χ1n) is 9.83. The summed E-state index contributed by atoms with van der Waals surface area (Å²) in [6.07, 6.45) is 1.24. The lowest BCUT2D eigenvalue weighted by Crippen LogP contribution is -2.13. The average Bonchev–Trinajstić information content (AvgIpc) is 3.27. The summed E-state index contributed by atoms with van der Waals surface area (Å²) in [5, 5.41) is 10.6. The number of hydrogen-bond donors (Lipinski definition) is 1. The van der Waals surface area contributed by atoms with E-state index in [0.717, 1.165) is 16.6 Å². The fraction of sp³-hybridized carbons (Fsp3) is 0.217. The highest BCUT2D eigenvalue weighted by Gasteiger charge is 2.35. The summed E-state index contributed by atoms with van der Waals surface area (Å²) < 4.78 is 34.0. The highest BCUT2D eigenvalue weighted by molar-refractivity contribution is 5.83. The highest BCUT2D eigenvalue weighted by atomic mass is 19.3. The number of rotatable bonds is 4. The lowest BCUT2D eigenvalue weighted by atomic mass is 10.0. The molecule has 1 aliphatic heterocycles. The number of aromatic nitrogens is 3. The number of alkyl halides is 2. The molecule has 0 bridgehead atoms. The van der Waals surface area contributed by atoms with Crippen molar-refractivity contribution < 1.29 is 18.6 Å². The number of hydrogen-bond acceptors (Lipinski definition) is 4. The number of halogens is 2. The number of aliphatic hydroxyl groups excluding tert-OH is 1. The Kier molecular flexibility index (Phi) is 4.59. The van der Waals surface area contributed by atoms with E-state index in [-0.39, 0.29) is 11.3 Å². The van der Waals surface area contributed by atoms with E-state index in [1.807, 2.05) is 22.8 Å². The first kappa shape index (κ1) is 19.4. The van der Waals surface area contributed by atoms with Crippen LogP contribution in [0.3, 0.4) is 0 Å². The Bertz CT molecular complexity index is 1350. The molecule has 0 fully saturated rings. The van der Waals surface area contributed by atoms with E-state index in [9.17, 15) is 18.7 Å². The van der Waals surface area contributed by atoms with Gasteiger partial charge in [-0.1, -0.05) is 24.3 Å². The maximum Gasteiger partial charge on any atom is 0.387 e. The molecule has 8 heteroatoms. The van der Waals surface area contributed by atoms with Crippen LogP contribution in [0.4, 0.5) is 8.78 Å². The first-order chi connectivity index (χ1) is 14.9. The number of benzene rings is 2. The highest BCUT2D eigenvalue weighted by Crippen LogP contribution is 2.44. The van der Waals surface area contributed by atoms with Crippen LogP contribution in [-0.4, -0.2) is 25.8 Å². The Labute approximate surface area is 176 Å². The van der Waals surface area contributed by atoms with Gasteiger partial charge in [-0.15, -0.1) is 0 Å². The monoisotopic (exact) mass is 423 g/mol. The summed E-state index contributed by atoms with van der Waals surface area (Å²) in [6, 6.07) is 15.2. The van der Waals surface area contributed by atoms with Crippen LogP contribution >= 0.6 is 0 Å². The normalized spacial score (nSPS) is 18.0. The van der Waals surface area contributed by atoms with Gasteiger partial charge in [-0.3, -0.25) is 4.79 Å². The van der Waals surface area contributed by atoms with Crippen LogP contribution in [0.25, 0.3) is 22.2 Å². The number of pyridine rings is 1. The summed E-state index contributed by atoms with van der Waals surface area (Å²) in [6.45, 7) is -2.94. The number of imidazole rings is 1. The van der Waals surface area contributed by atoms with Crippen LogP contribution in [0.15, 0.2) is 65.6 Å². The van der Waals surface area contributed by atoms with E-state index in [4.69, 9.17) is 4.74 Å². The molecule has 2 atom stereocenters. The summed E-state index contributed by atoms with van der Waals surface area (Å²) in [4.78, 5) is 16.3. The van der Waals surface area contributed by atoms with Crippen molar-refractivity contribution in [2.24, 2.45) is 7.05 Å². The second-order valence-electron chi connectivity index (χ2n) is 7.59. The van der Waals surface area contributed by atoms with Gasteiger partial charge in [-0.2, -0.15) is 8.78 Å². The van der Waals surface area contributed by atoms with Crippen LogP contribution in [-0.2, 0) is 7.05 Å². The summed E-state index contributed by atoms with van der Waals surface area (Å²) >= 11 is 0.